The molecule has 2 heterocycles. The first-order valence-corrected chi connectivity index (χ1v) is 7.03. The third kappa shape index (κ3) is 3.19. The van der Waals surface area contributed by atoms with E-state index in [9.17, 15) is 10.1 Å². The van der Waals surface area contributed by atoms with Crippen molar-refractivity contribution in [3.8, 4) is 0 Å². The van der Waals surface area contributed by atoms with E-state index in [1.165, 1.54) is 6.33 Å². The highest BCUT2D eigenvalue weighted by Gasteiger charge is 2.29. The van der Waals surface area contributed by atoms with Crippen LogP contribution in [0.1, 0.15) is 20.3 Å². The van der Waals surface area contributed by atoms with Crippen molar-refractivity contribution in [3.05, 3.63) is 16.4 Å². The molecule has 9 heteroatoms. The lowest BCUT2D eigenvalue weighted by Crippen LogP contribution is -2.49. The average Bonchev–Trinajstić information content (AvgIpc) is 2.53. The molecule has 0 amide bonds. The van der Waals surface area contributed by atoms with Gasteiger partial charge in [0.2, 0.25) is 11.6 Å². The average molecular weight is 295 g/mol. The normalized spacial score (nSPS) is 17.6. The lowest BCUT2D eigenvalue weighted by atomic mass is 10.2. The maximum Gasteiger partial charge on any atom is 0.354 e. The van der Waals surface area contributed by atoms with Crippen molar-refractivity contribution in [2.45, 2.75) is 26.3 Å². The van der Waals surface area contributed by atoms with E-state index < -0.39 is 4.92 Å². The second-order valence-electron chi connectivity index (χ2n) is 5.08. The third-order valence-corrected chi connectivity index (χ3v) is 3.95. The van der Waals surface area contributed by atoms with Gasteiger partial charge in [0.1, 0.15) is 6.33 Å². The summed E-state index contributed by atoms with van der Waals surface area (Å²) in [6, 6.07) is 0.522. The number of nitrogens with zero attached hydrogens (tertiary/aromatic N) is 5. The minimum Gasteiger partial charge on any atom is -0.348 e. The smallest absolute Gasteiger partial charge is 0.348 e. The molecule has 9 nitrogen and oxygen atoms in total. The maximum atomic E-state index is 11.3. The number of hydrogen-bond donors (Lipinski definition) is 2. The molecule has 0 radical (unpaired) electrons. The maximum absolute atomic E-state index is 11.3. The summed E-state index contributed by atoms with van der Waals surface area (Å²) in [6.07, 6.45) is 2.38. The van der Waals surface area contributed by atoms with Crippen molar-refractivity contribution < 1.29 is 4.92 Å². The number of nitro groups is 1. The van der Waals surface area contributed by atoms with Gasteiger partial charge in [0.05, 0.1) is 4.92 Å². The fourth-order valence-electron chi connectivity index (χ4n) is 2.51. The van der Waals surface area contributed by atoms with E-state index in [0.29, 0.717) is 24.9 Å². The molecule has 0 aliphatic carbocycles. The van der Waals surface area contributed by atoms with Crippen LogP contribution in [0.4, 0.5) is 17.3 Å². The summed E-state index contributed by atoms with van der Waals surface area (Å²) in [5, 5.41) is 11.3. The minimum atomic E-state index is -0.494. The molecule has 2 rings (SSSR count). The fourth-order valence-corrected chi connectivity index (χ4v) is 2.51. The Balaban J connectivity index is 2.19. The summed E-state index contributed by atoms with van der Waals surface area (Å²) in [7, 11) is 0. The van der Waals surface area contributed by atoms with Crippen LogP contribution in [0.25, 0.3) is 0 Å². The number of nitrogen functional groups attached to an aromatic ring is 1. The number of hydrazine groups is 1. The van der Waals surface area contributed by atoms with E-state index in [4.69, 9.17) is 5.84 Å². The molecular weight excluding hydrogens is 274 g/mol. The molecule has 116 valence electrons. The van der Waals surface area contributed by atoms with Crippen molar-refractivity contribution >= 4 is 17.3 Å². The van der Waals surface area contributed by atoms with E-state index in [-0.39, 0.29) is 11.5 Å². The molecule has 0 bridgehead atoms. The molecular formula is C12H21N7O2. The van der Waals surface area contributed by atoms with Crippen LogP contribution in [0, 0.1) is 10.1 Å². The highest BCUT2D eigenvalue weighted by atomic mass is 16.6. The molecule has 0 aromatic carbocycles. The summed E-state index contributed by atoms with van der Waals surface area (Å²) < 4.78 is 0. The van der Waals surface area contributed by atoms with Crippen LogP contribution in [0.15, 0.2) is 6.33 Å². The number of hydrogen-bond acceptors (Lipinski definition) is 8. The van der Waals surface area contributed by atoms with Crippen LogP contribution in [0.5, 0.6) is 0 Å². The van der Waals surface area contributed by atoms with E-state index in [2.05, 4.69) is 34.1 Å². The van der Waals surface area contributed by atoms with Crippen LogP contribution in [-0.2, 0) is 0 Å². The Morgan fingerprint density at radius 3 is 2.62 bits per heavy atom. The van der Waals surface area contributed by atoms with Gasteiger partial charge in [0, 0.05) is 32.2 Å². The van der Waals surface area contributed by atoms with Crippen LogP contribution >= 0.6 is 0 Å². The number of rotatable bonds is 5. The molecule has 0 saturated carbocycles. The van der Waals surface area contributed by atoms with Gasteiger partial charge < -0.3 is 10.3 Å². The summed E-state index contributed by atoms with van der Waals surface area (Å²) in [6.45, 7) is 7.48. The van der Waals surface area contributed by atoms with Crippen LogP contribution in [0.2, 0.25) is 0 Å². The number of piperazine rings is 1. The monoisotopic (exact) mass is 295 g/mol. The first-order valence-electron chi connectivity index (χ1n) is 7.03. The second-order valence-corrected chi connectivity index (χ2v) is 5.08. The SMILES string of the molecule is CCC(C)N1CCN(c2ncnc(NN)c2[N+](=O)[O-])CC1. The van der Waals surface area contributed by atoms with Crippen LogP contribution in [0.3, 0.4) is 0 Å². The Kier molecular flexibility index (Phi) is 4.86. The second kappa shape index (κ2) is 6.64. The largest absolute Gasteiger partial charge is 0.354 e. The number of aromatic nitrogens is 2. The molecule has 0 spiro atoms. The predicted molar refractivity (Wildman–Crippen MR) is 80.0 cm³/mol. The van der Waals surface area contributed by atoms with Crippen molar-refractivity contribution in [2.24, 2.45) is 5.84 Å². The summed E-state index contributed by atoms with van der Waals surface area (Å²) in [5.74, 6) is 5.66. The molecule has 1 unspecified atom stereocenters. The zero-order chi connectivity index (χ0) is 15.4. The summed E-state index contributed by atoms with van der Waals surface area (Å²) >= 11 is 0. The van der Waals surface area contributed by atoms with Gasteiger partial charge in [0.15, 0.2) is 0 Å². The molecule has 1 saturated heterocycles. The molecule has 1 aromatic heterocycles. The zero-order valence-electron chi connectivity index (χ0n) is 12.3. The minimum absolute atomic E-state index is 0.0364. The van der Waals surface area contributed by atoms with Crippen LogP contribution in [-0.4, -0.2) is 52.0 Å². The standard InChI is InChI=1S/C12H21N7O2/c1-3-9(2)17-4-6-18(7-5-17)12-10(19(20)21)11(16-13)14-8-15-12/h8-9H,3-7,13H2,1-2H3,(H,14,15,16). The van der Waals surface area contributed by atoms with E-state index in [0.717, 1.165) is 19.5 Å². The van der Waals surface area contributed by atoms with Crippen molar-refractivity contribution in [1.82, 2.24) is 14.9 Å². The molecule has 1 aromatic rings. The third-order valence-electron chi connectivity index (χ3n) is 3.95. The molecule has 1 aliphatic heterocycles. The van der Waals surface area contributed by atoms with Crippen molar-refractivity contribution in [3.63, 3.8) is 0 Å². The molecule has 3 N–H and O–H groups in total. The van der Waals surface area contributed by atoms with E-state index >= 15 is 0 Å². The van der Waals surface area contributed by atoms with Gasteiger partial charge in [-0.3, -0.25) is 15.0 Å². The Bertz CT molecular complexity index is 502. The Hall–Kier alpha value is -2.00. The van der Waals surface area contributed by atoms with Gasteiger partial charge in [-0.25, -0.2) is 15.8 Å². The van der Waals surface area contributed by atoms with Gasteiger partial charge in [-0.05, 0) is 13.3 Å². The Labute approximate surface area is 123 Å². The highest BCUT2D eigenvalue weighted by molar-refractivity contribution is 5.70. The summed E-state index contributed by atoms with van der Waals surface area (Å²) in [5.41, 5.74) is 2.09. The summed E-state index contributed by atoms with van der Waals surface area (Å²) in [4.78, 5) is 22.9. The predicted octanol–water partition coefficient (Wildman–Crippen LogP) is 0.591. The molecule has 1 aliphatic rings. The Morgan fingerprint density at radius 1 is 1.43 bits per heavy atom. The fraction of sp³-hybridized carbons (Fsp3) is 0.667. The Morgan fingerprint density at radius 2 is 2.10 bits per heavy atom. The number of anilines is 2. The topological polar surface area (TPSA) is 113 Å². The first kappa shape index (κ1) is 15.4. The van der Waals surface area contributed by atoms with Gasteiger partial charge in [-0.2, -0.15) is 0 Å². The lowest BCUT2D eigenvalue weighted by molar-refractivity contribution is -0.383. The lowest BCUT2D eigenvalue weighted by Gasteiger charge is -2.38. The van der Waals surface area contributed by atoms with E-state index in [1.807, 2.05) is 4.90 Å². The number of nitrogens with one attached hydrogen (secondary N) is 1. The highest BCUT2D eigenvalue weighted by Crippen LogP contribution is 2.31. The van der Waals surface area contributed by atoms with Gasteiger partial charge >= 0.3 is 5.69 Å². The number of nitrogens with two attached hydrogens (primary N) is 1. The van der Waals surface area contributed by atoms with Gasteiger partial charge in [-0.15, -0.1) is 0 Å². The van der Waals surface area contributed by atoms with Gasteiger partial charge in [-0.1, -0.05) is 6.92 Å². The van der Waals surface area contributed by atoms with Crippen molar-refractivity contribution in [2.75, 3.05) is 36.5 Å². The van der Waals surface area contributed by atoms with Crippen molar-refractivity contribution in [1.29, 1.82) is 0 Å². The zero-order valence-corrected chi connectivity index (χ0v) is 12.3. The molecule has 1 fully saturated rings. The first-order chi connectivity index (χ1) is 10.1. The van der Waals surface area contributed by atoms with Crippen LogP contribution < -0.4 is 16.2 Å². The molecule has 21 heavy (non-hydrogen) atoms. The molecule has 1 atom stereocenters. The van der Waals surface area contributed by atoms with E-state index in [1.54, 1.807) is 0 Å². The van der Waals surface area contributed by atoms with Gasteiger partial charge in [0.25, 0.3) is 0 Å². The quantitative estimate of drug-likeness (QED) is 0.461.